The zero-order chi connectivity index (χ0) is 21.6. The molecular formula is C24H31FN2O2. The summed E-state index contributed by atoms with van der Waals surface area (Å²) in [6.45, 7) is 9.66. The molecule has 5 heteroatoms. The molecule has 0 saturated carbocycles. The van der Waals surface area contributed by atoms with E-state index in [0.29, 0.717) is 5.56 Å². The summed E-state index contributed by atoms with van der Waals surface area (Å²) in [5.74, 6) is -0.821. The second kappa shape index (κ2) is 10.2. The fraction of sp³-hybridized carbons (Fsp3) is 0.417. The van der Waals surface area contributed by atoms with E-state index in [1.54, 1.807) is 25.1 Å². The number of carbonyl (C=O) groups is 2. The minimum absolute atomic E-state index is 0.00936. The zero-order valence-electron chi connectivity index (χ0n) is 18.0. The number of carbonyl (C=O) groups excluding carboxylic acids is 2. The third-order valence-electron chi connectivity index (χ3n) is 5.39. The van der Waals surface area contributed by atoms with Crippen LogP contribution in [0.2, 0.25) is 0 Å². The first-order chi connectivity index (χ1) is 13.7. The standard InChI is InChI=1S/C24H31FN2O2/c1-6-18(4)26-24(29)19(5)27(15-21-9-7-8-10-22(21)25)23(28)14-20-12-11-16(2)17(3)13-20/h7-13,18-19H,6,14-15H2,1-5H3,(H,26,29)/t18-,19+/m1/s1. The van der Waals surface area contributed by atoms with Crippen LogP contribution >= 0.6 is 0 Å². The molecule has 0 bridgehead atoms. The van der Waals surface area contributed by atoms with Crippen molar-refractivity contribution in [3.8, 4) is 0 Å². The lowest BCUT2D eigenvalue weighted by Crippen LogP contribution is -2.50. The lowest BCUT2D eigenvalue weighted by molar-refractivity contribution is -0.140. The summed E-state index contributed by atoms with van der Waals surface area (Å²) in [6, 6.07) is 11.5. The number of halogens is 1. The Morgan fingerprint density at radius 1 is 1.07 bits per heavy atom. The van der Waals surface area contributed by atoms with E-state index in [2.05, 4.69) is 5.32 Å². The zero-order valence-corrected chi connectivity index (χ0v) is 18.0. The van der Waals surface area contributed by atoms with Crippen LogP contribution in [0.15, 0.2) is 42.5 Å². The maximum Gasteiger partial charge on any atom is 0.242 e. The third kappa shape index (κ3) is 6.14. The Labute approximate surface area is 173 Å². The van der Waals surface area contributed by atoms with Gasteiger partial charge in [-0.2, -0.15) is 0 Å². The first-order valence-electron chi connectivity index (χ1n) is 10.1. The van der Waals surface area contributed by atoms with E-state index < -0.39 is 6.04 Å². The van der Waals surface area contributed by atoms with Crippen LogP contribution in [0.25, 0.3) is 0 Å². The minimum Gasteiger partial charge on any atom is -0.352 e. The summed E-state index contributed by atoms with van der Waals surface area (Å²) in [5, 5.41) is 2.92. The normalized spacial score (nSPS) is 12.9. The van der Waals surface area contributed by atoms with Crippen LogP contribution in [-0.2, 0) is 22.6 Å². The maximum absolute atomic E-state index is 14.2. The van der Waals surface area contributed by atoms with Crippen molar-refractivity contribution >= 4 is 11.8 Å². The quantitative estimate of drug-likeness (QED) is 0.720. The molecule has 0 aliphatic rings. The van der Waals surface area contributed by atoms with Crippen molar-refractivity contribution in [2.45, 2.75) is 66.1 Å². The number of rotatable bonds is 8. The van der Waals surface area contributed by atoms with Crippen LogP contribution in [0.4, 0.5) is 4.39 Å². The summed E-state index contributed by atoms with van der Waals surface area (Å²) in [5.41, 5.74) is 3.54. The smallest absolute Gasteiger partial charge is 0.242 e. The van der Waals surface area contributed by atoms with Crippen LogP contribution in [0.1, 0.15) is 49.4 Å². The van der Waals surface area contributed by atoms with E-state index in [1.165, 1.54) is 11.0 Å². The van der Waals surface area contributed by atoms with Gasteiger partial charge >= 0.3 is 0 Å². The number of hydrogen-bond acceptors (Lipinski definition) is 2. The number of amides is 2. The third-order valence-corrected chi connectivity index (χ3v) is 5.39. The first-order valence-corrected chi connectivity index (χ1v) is 10.1. The van der Waals surface area contributed by atoms with Gasteiger partial charge in [0.25, 0.3) is 0 Å². The summed E-state index contributed by atoms with van der Waals surface area (Å²) in [6.07, 6.45) is 0.957. The number of benzene rings is 2. The highest BCUT2D eigenvalue weighted by Gasteiger charge is 2.27. The summed E-state index contributed by atoms with van der Waals surface area (Å²) < 4.78 is 14.2. The topological polar surface area (TPSA) is 49.4 Å². The second-order valence-corrected chi connectivity index (χ2v) is 7.70. The molecule has 0 heterocycles. The van der Waals surface area contributed by atoms with Crippen molar-refractivity contribution in [2.24, 2.45) is 0 Å². The SMILES string of the molecule is CC[C@@H](C)NC(=O)[C@H](C)N(Cc1ccccc1F)C(=O)Cc1ccc(C)c(C)c1. The van der Waals surface area contributed by atoms with Crippen molar-refractivity contribution in [1.82, 2.24) is 10.2 Å². The molecule has 0 radical (unpaired) electrons. The fourth-order valence-corrected chi connectivity index (χ4v) is 3.05. The van der Waals surface area contributed by atoms with Gasteiger partial charge in [-0.3, -0.25) is 9.59 Å². The van der Waals surface area contributed by atoms with Gasteiger partial charge in [0.1, 0.15) is 11.9 Å². The van der Waals surface area contributed by atoms with E-state index >= 15 is 0 Å². The number of hydrogen-bond donors (Lipinski definition) is 1. The van der Waals surface area contributed by atoms with Crippen molar-refractivity contribution in [2.75, 3.05) is 0 Å². The van der Waals surface area contributed by atoms with Crippen LogP contribution in [-0.4, -0.2) is 28.8 Å². The summed E-state index contributed by atoms with van der Waals surface area (Å²) in [7, 11) is 0. The van der Waals surface area contributed by atoms with E-state index in [4.69, 9.17) is 0 Å². The van der Waals surface area contributed by atoms with Crippen molar-refractivity contribution < 1.29 is 14.0 Å². The van der Waals surface area contributed by atoms with Gasteiger partial charge in [-0.05, 0) is 56.9 Å². The van der Waals surface area contributed by atoms with Gasteiger partial charge in [0.15, 0.2) is 0 Å². The predicted molar refractivity (Wildman–Crippen MR) is 114 cm³/mol. The number of nitrogens with one attached hydrogen (secondary N) is 1. The second-order valence-electron chi connectivity index (χ2n) is 7.70. The van der Waals surface area contributed by atoms with Crippen molar-refractivity contribution in [1.29, 1.82) is 0 Å². The highest BCUT2D eigenvalue weighted by atomic mass is 19.1. The molecule has 2 aromatic carbocycles. The summed E-state index contributed by atoms with van der Waals surface area (Å²) >= 11 is 0. The largest absolute Gasteiger partial charge is 0.352 e. The molecule has 4 nitrogen and oxygen atoms in total. The lowest BCUT2D eigenvalue weighted by atomic mass is 10.0. The summed E-state index contributed by atoms with van der Waals surface area (Å²) in [4.78, 5) is 27.3. The molecule has 156 valence electrons. The molecule has 0 aromatic heterocycles. The molecule has 2 aromatic rings. The Morgan fingerprint density at radius 3 is 2.38 bits per heavy atom. The fourth-order valence-electron chi connectivity index (χ4n) is 3.05. The van der Waals surface area contributed by atoms with Crippen LogP contribution < -0.4 is 5.32 Å². The van der Waals surface area contributed by atoms with E-state index in [-0.39, 0.29) is 36.6 Å². The molecular weight excluding hydrogens is 367 g/mol. The average molecular weight is 399 g/mol. The van der Waals surface area contributed by atoms with Gasteiger partial charge in [0.05, 0.1) is 6.42 Å². The molecule has 2 rings (SSSR count). The molecule has 0 aliphatic heterocycles. The number of nitrogens with zero attached hydrogens (tertiary/aromatic N) is 1. The van der Waals surface area contributed by atoms with Crippen molar-refractivity contribution in [3.05, 3.63) is 70.5 Å². The Bertz CT molecular complexity index is 866. The molecule has 1 N–H and O–H groups in total. The lowest BCUT2D eigenvalue weighted by Gasteiger charge is -2.30. The Kier molecular flexibility index (Phi) is 7.94. The Morgan fingerprint density at radius 2 is 1.76 bits per heavy atom. The molecule has 2 atom stereocenters. The monoisotopic (exact) mass is 398 g/mol. The van der Waals surface area contributed by atoms with Gasteiger partial charge in [0, 0.05) is 18.2 Å². The molecule has 0 saturated heterocycles. The maximum atomic E-state index is 14.2. The molecule has 0 fully saturated rings. The van der Waals surface area contributed by atoms with Gasteiger partial charge in [0.2, 0.25) is 11.8 Å². The molecule has 29 heavy (non-hydrogen) atoms. The molecule has 0 unspecified atom stereocenters. The average Bonchev–Trinajstić information content (AvgIpc) is 2.69. The van der Waals surface area contributed by atoms with E-state index in [1.807, 2.05) is 45.9 Å². The van der Waals surface area contributed by atoms with Gasteiger partial charge in [-0.1, -0.05) is 43.3 Å². The number of aryl methyl sites for hydroxylation is 2. The Balaban J connectivity index is 2.27. The Hall–Kier alpha value is -2.69. The van der Waals surface area contributed by atoms with Gasteiger partial charge in [-0.15, -0.1) is 0 Å². The predicted octanol–water partition coefficient (Wildman–Crippen LogP) is 4.32. The van der Waals surface area contributed by atoms with Gasteiger partial charge < -0.3 is 10.2 Å². The highest BCUT2D eigenvalue weighted by molar-refractivity contribution is 5.88. The molecule has 0 spiro atoms. The van der Waals surface area contributed by atoms with E-state index in [0.717, 1.165) is 23.1 Å². The van der Waals surface area contributed by atoms with Gasteiger partial charge in [-0.25, -0.2) is 4.39 Å². The molecule has 2 amide bonds. The van der Waals surface area contributed by atoms with E-state index in [9.17, 15) is 14.0 Å². The van der Waals surface area contributed by atoms with Crippen LogP contribution in [0.3, 0.4) is 0 Å². The van der Waals surface area contributed by atoms with Crippen molar-refractivity contribution in [3.63, 3.8) is 0 Å². The minimum atomic E-state index is -0.706. The van der Waals surface area contributed by atoms with Crippen LogP contribution in [0, 0.1) is 19.7 Å². The highest BCUT2D eigenvalue weighted by Crippen LogP contribution is 2.16. The molecule has 0 aliphatic carbocycles. The van der Waals surface area contributed by atoms with Crippen LogP contribution in [0.5, 0.6) is 0 Å². The first kappa shape index (κ1) is 22.6.